The van der Waals surface area contributed by atoms with Crippen LogP contribution in [-0.4, -0.2) is 48.6 Å². The van der Waals surface area contributed by atoms with E-state index in [4.69, 9.17) is 23.8 Å². The zero-order valence-electron chi connectivity index (χ0n) is 12.1. The van der Waals surface area contributed by atoms with E-state index in [0.29, 0.717) is 6.04 Å². The Bertz CT molecular complexity index is 450. The van der Waals surface area contributed by atoms with Crippen LogP contribution in [0.3, 0.4) is 0 Å². The molecular formula is C13H22ClN5S. The van der Waals surface area contributed by atoms with Crippen molar-refractivity contribution in [3.05, 3.63) is 5.82 Å². The number of hydrogen-bond acceptors (Lipinski definition) is 4. The third kappa shape index (κ3) is 3.88. The van der Waals surface area contributed by atoms with Crippen LogP contribution in [0.4, 0.5) is 0 Å². The Morgan fingerprint density at radius 1 is 1.45 bits per heavy atom. The molecule has 1 aromatic rings. The molecule has 0 saturated heterocycles. The molecule has 1 aromatic heterocycles. The number of thiocarbonyl (C=S) groups is 1. The monoisotopic (exact) mass is 315 g/mol. The lowest BCUT2D eigenvalue weighted by Gasteiger charge is -2.36. The number of hydrogen-bond donors (Lipinski definition) is 0. The number of aryl methyl sites for hydroxylation is 2. The smallest absolute Gasteiger partial charge is 0.150 e. The van der Waals surface area contributed by atoms with E-state index in [1.165, 1.54) is 12.8 Å². The van der Waals surface area contributed by atoms with Crippen molar-refractivity contribution in [1.82, 2.24) is 25.1 Å². The summed E-state index contributed by atoms with van der Waals surface area (Å²) in [6.45, 7) is 0. The van der Waals surface area contributed by atoms with Gasteiger partial charge in [-0.3, -0.25) is 0 Å². The molecule has 0 amide bonds. The van der Waals surface area contributed by atoms with Gasteiger partial charge in [0.25, 0.3) is 0 Å². The maximum Gasteiger partial charge on any atom is 0.150 e. The van der Waals surface area contributed by atoms with Gasteiger partial charge in [-0.2, -0.15) is 0 Å². The average Bonchev–Trinajstić information content (AvgIpc) is 2.84. The second kappa shape index (κ2) is 7.31. The van der Waals surface area contributed by atoms with Crippen LogP contribution in [-0.2, 0) is 13.5 Å². The molecule has 7 heteroatoms. The van der Waals surface area contributed by atoms with Gasteiger partial charge >= 0.3 is 0 Å². The molecular weight excluding hydrogens is 294 g/mol. The minimum absolute atomic E-state index is 0.231. The van der Waals surface area contributed by atoms with Crippen molar-refractivity contribution in [3.8, 4) is 0 Å². The van der Waals surface area contributed by atoms with Crippen LogP contribution in [0.1, 0.15) is 44.3 Å². The molecule has 2 unspecified atom stereocenters. The van der Waals surface area contributed by atoms with Crippen molar-refractivity contribution < 1.29 is 0 Å². The highest BCUT2D eigenvalue weighted by atomic mass is 35.5. The summed E-state index contributed by atoms with van der Waals surface area (Å²) in [6, 6.07) is 0.398. The van der Waals surface area contributed by atoms with Gasteiger partial charge in [0.15, 0.2) is 5.82 Å². The van der Waals surface area contributed by atoms with E-state index in [9.17, 15) is 0 Å². The third-order valence-electron chi connectivity index (χ3n) is 4.04. The summed E-state index contributed by atoms with van der Waals surface area (Å²) in [5.74, 6) is 0.906. The Morgan fingerprint density at radius 3 is 2.85 bits per heavy atom. The highest BCUT2D eigenvalue weighted by Gasteiger charge is 2.27. The van der Waals surface area contributed by atoms with E-state index in [0.717, 1.165) is 42.9 Å². The maximum atomic E-state index is 6.43. The third-order valence-corrected chi connectivity index (χ3v) is 5.04. The molecule has 5 nitrogen and oxygen atoms in total. The van der Waals surface area contributed by atoms with Gasteiger partial charge in [-0.05, 0) is 36.1 Å². The largest absolute Gasteiger partial charge is 0.365 e. The minimum atomic E-state index is 0.231. The van der Waals surface area contributed by atoms with Crippen LogP contribution < -0.4 is 0 Å². The molecule has 20 heavy (non-hydrogen) atoms. The van der Waals surface area contributed by atoms with Crippen LogP contribution >= 0.6 is 23.8 Å². The topological polar surface area (TPSA) is 46.8 Å². The molecule has 1 saturated carbocycles. The molecule has 0 bridgehead atoms. The molecule has 1 fully saturated rings. The van der Waals surface area contributed by atoms with Crippen LogP contribution in [0.25, 0.3) is 0 Å². The minimum Gasteiger partial charge on any atom is -0.365 e. The number of nitrogens with zero attached hydrogens (tertiary/aromatic N) is 5. The molecule has 0 aromatic carbocycles. The SMILES string of the molecule is CN(C(=S)CCCc1nnnn1C)C1CCCCC1Cl. The highest BCUT2D eigenvalue weighted by Crippen LogP contribution is 2.27. The lowest BCUT2D eigenvalue weighted by atomic mass is 9.94. The first-order valence-electron chi connectivity index (χ1n) is 7.20. The van der Waals surface area contributed by atoms with Gasteiger partial charge < -0.3 is 4.90 Å². The molecule has 0 N–H and O–H groups in total. The fraction of sp³-hybridized carbons (Fsp3) is 0.846. The first-order valence-corrected chi connectivity index (χ1v) is 8.05. The normalized spacial score (nSPS) is 22.8. The second-order valence-electron chi connectivity index (χ2n) is 5.44. The maximum absolute atomic E-state index is 6.43. The predicted molar refractivity (Wildman–Crippen MR) is 84.0 cm³/mol. The van der Waals surface area contributed by atoms with Crippen LogP contribution in [0.2, 0.25) is 0 Å². The molecule has 2 atom stereocenters. The second-order valence-corrected chi connectivity index (χ2v) is 6.48. The summed E-state index contributed by atoms with van der Waals surface area (Å²) in [7, 11) is 3.94. The van der Waals surface area contributed by atoms with Gasteiger partial charge in [0.1, 0.15) is 0 Å². The standard InChI is InChI=1S/C13H22ClN5S/c1-18(11-7-4-3-6-10(11)14)13(20)9-5-8-12-15-16-17-19(12)2/h10-11H,3-9H2,1-2H3. The van der Waals surface area contributed by atoms with Gasteiger partial charge in [0.05, 0.1) is 10.4 Å². The van der Waals surface area contributed by atoms with E-state index in [1.807, 2.05) is 7.05 Å². The Hall–Kier alpha value is -0.750. The molecule has 1 aliphatic carbocycles. The number of rotatable bonds is 5. The molecule has 1 aliphatic rings. The van der Waals surface area contributed by atoms with Gasteiger partial charge in [0.2, 0.25) is 0 Å². The average molecular weight is 316 g/mol. The molecule has 1 heterocycles. The zero-order valence-corrected chi connectivity index (χ0v) is 13.7. The van der Waals surface area contributed by atoms with Gasteiger partial charge in [-0.25, -0.2) is 4.68 Å². The van der Waals surface area contributed by atoms with Crippen LogP contribution in [0, 0.1) is 0 Å². The number of alkyl halides is 1. The van der Waals surface area contributed by atoms with Crippen LogP contribution in [0.15, 0.2) is 0 Å². The summed E-state index contributed by atoms with van der Waals surface area (Å²) in [4.78, 5) is 3.21. The summed E-state index contributed by atoms with van der Waals surface area (Å²) < 4.78 is 1.71. The summed E-state index contributed by atoms with van der Waals surface area (Å²) in [5, 5.41) is 11.7. The van der Waals surface area contributed by atoms with Crippen molar-refractivity contribution in [2.75, 3.05) is 7.05 Å². The first kappa shape index (κ1) is 15.6. The van der Waals surface area contributed by atoms with E-state index >= 15 is 0 Å². The summed E-state index contributed by atoms with van der Waals surface area (Å²) >= 11 is 12.0. The fourth-order valence-corrected chi connectivity index (χ4v) is 3.45. The Morgan fingerprint density at radius 2 is 2.20 bits per heavy atom. The van der Waals surface area contributed by atoms with Gasteiger partial charge in [0, 0.05) is 26.6 Å². The molecule has 2 rings (SSSR count). The van der Waals surface area contributed by atoms with Gasteiger partial charge in [-0.15, -0.1) is 16.7 Å². The van der Waals surface area contributed by atoms with Crippen LogP contribution in [0.5, 0.6) is 0 Å². The fourth-order valence-electron chi connectivity index (χ4n) is 2.72. The van der Waals surface area contributed by atoms with Crippen molar-refractivity contribution in [3.63, 3.8) is 0 Å². The Labute approximate surface area is 130 Å². The predicted octanol–water partition coefficient (Wildman–Crippen LogP) is 2.34. The van der Waals surface area contributed by atoms with Crippen molar-refractivity contribution >= 4 is 28.8 Å². The Balaban J connectivity index is 1.77. The molecule has 112 valence electrons. The Kier molecular flexibility index (Phi) is 5.72. The van der Waals surface area contributed by atoms with Crippen molar-refractivity contribution in [2.24, 2.45) is 7.05 Å². The quantitative estimate of drug-likeness (QED) is 0.616. The van der Waals surface area contributed by atoms with E-state index < -0.39 is 0 Å². The zero-order chi connectivity index (χ0) is 14.5. The first-order chi connectivity index (χ1) is 9.59. The van der Waals surface area contributed by atoms with Gasteiger partial charge in [-0.1, -0.05) is 25.1 Å². The lowest BCUT2D eigenvalue weighted by molar-refractivity contribution is 0.283. The summed E-state index contributed by atoms with van der Waals surface area (Å²) in [5.41, 5.74) is 0. The molecule has 0 radical (unpaired) electrons. The highest BCUT2D eigenvalue weighted by molar-refractivity contribution is 7.80. The number of tetrazole rings is 1. The van der Waals surface area contributed by atoms with E-state index in [1.54, 1.807) is 4.68 Å². The van der Waals surface area contributed by atoms with E-state index in [2.05, 4.69) is 27.5 Å². The molecule has 0 spiro atoms. The lowest BCUT2D eigenvalue weighted by Crippen LogP contribution is -2.43. The van der Waals surface area contributed by atoms with Crippen molar-refractivity contribution in [2.45, 2.75) is 56.4 Å². The summed E-state index contributed by atoms with van der Waals surface area (Å²) in [6.07, 6.45) is 7.46. The number of aromatic nitrogens is 4. The molecule has 0 aliphatic heterocycles. The van der Waals surface area contributed by atoms with Crippen molar-refractivity contribution in [1.29, 1.82) is 0 Å². The number of halogens is 1. The van der Waals surface area contributed by atoms with E-state index in [-0.39, 0.29) is 5.38 Å².